The maximum Gasteiger partial charge on any atom is 0.263 e. The molecule has 1 fully saturated rings. The summed E-state index contributed by atoms with van der Waals surface area (Å²) in [7, 11) is 0. The number of benzene rings is 1. The number of piperidine rings is 1. The smallest absolute Gasteiger partial charge is 0.263 e. The summed E-state index contributed by atoms with van der Waals surface area (Å²) in [6, 6.07) is 10.1. The third-order valence-electron chi connectivity index (χ3n) is 4.69. The quantitative estimate of drug-likeness (QED) is 0.775. The van der Waals surface area contributed by atoms with Crippen LogP contribution < -0.4 is 4.74 Å². The van der Waals surface area contributed by atoms with E-state index in [1.165, 1.54) is 11.3 Å². The summed E-state index contributed by atoms with van der Waals surface area (Å²) < 4.78 is 5.80. The van der Waals surface area contributed by atoms with E-state index in [0.29, 0.717) is 18.4 Å². The second kappa shape index (κ2) is 5.68. The first-order valence-electron chi connectivity index (χ1n) is 8.26. The van der Waals surface area contributed by atoms with E-state index in [1.54, 1.807) is 11.3 Å². The molecule has 1 aromatic heterocycles. The van der Waals surface area contributed by atoms with Crippen LogP contribution in [0.3, 0.4) is 0 Å². The number of nitrogens with zero attached hydrogens (tertiary/aromatic N) is 1. The maximum atomic E-state index is 12.9. The van der Waals surface area contributed by atoms with Crippen LogP contribution >= 0.6 is 11.3 Å². The monoisotopic (exact) mass is 327 g/mol. The van der Waals surface area contributed by atoms with E-state index >= 15 is 0 Å². The van der Waals surface area contributed by atoms with Crippen LogP contribution in [0.25, 0.3) is 10.4 Å². The van der Waals surface area contributed by atoms with Gasteiger partial charge in [0.25, 0.3) is 5.91 Å². The van der Waals surface area contributed by atoms with Gasteiger partial charge in [-0.3, -0.25) is 4.79 Å². The first-order valence-corrected chi connectivity index (χ1v) is 9.07. The molecule has 3 nitrogen and oxygen atoms in total. The molecule has 2 aromatic rings. The molecule has 0 bridgehead atoms. The molecule has 1 aromatic carbocycles. The molecule has 2 aliphatic heterocycles. The first kappa shape index (κ1) is 14.8. The van der Waals surface area contributed by atoms with Crippen LogP contribution in [0.15, 0.2) is 30.3 Å². The SMILES string of the molecule is CC1CC(C)CN(C(=O)c2cc3c(s2)-c2ccccc2OC3)C1. The van der Waals surface area contributed by atoms with Gasteiger partial charge in [0.1, 0.15) is 12.4 Å². The molecule has 1 saturated heterocycles. The molecule has 4 heteroatoms. The average molecular weight is 327 g/mol. The normalized spacial score (nSPS) is 23.0. The van der Waals surface area contributed by atoms with Crippen molar-refractivity contribution in [3.63, 3.8) is 0 Å². The van der Waals surface area contributed by atoms with Gasteiger partial charge in [-0.05, 0) is 36.5 Å². The van der Waals surface area contributed by atoms with Gasteiger partial charge >= 0.3 is 0 Å². The fourth-order valence-corrected chi connectivity index (χ4v) is 4.95. The van der Waals surface area contributed by atoms with Crippen LogP contribution in [-0.2, 0) is 6.61 Å². The largest absolute Gasteiger partial charge is 0.488 e. The number of carbonyl (C=O) groups excluding carboxylic acids is 1. The zero-order chi connectivity index (χ0) is 16.0. The van der Waals surface area contributed by atoms with Crippen molar-refractivity contribution in [2.75, 3.05) is 13.1 Å². The zero-order valence-electron chi connectivity index (χ0n) is 13.5. The van der Waals surface area contributed by atoms with Crippen molar-refractivity contribution in [1.29, 1.82) is 0 Å². The number of ether oxygens (including phenoxy) is 1. The van der Waals surface area contributed by atoms with Crippen LogP contribution in [-0.4, -0.2) is 23.9 Å². The minimum Gasteiger partial charge on any atom is -0.488 e. The number of likely N-dealkylation sites (tertiary alicyclic amines) is 1. The van der Waals surface area contributed by atoms with E-state index in [2.05, 4.69) is 19.9 Å². The van der Waals surface area contributed by atoms with Gasteiger partial charge in [0.05, 0.1) is 4.88 Å². The summed E-state index contributed by atoms with van der Waals surface area (Å²) in [4.78, 5) is 17.0. The van der Waals surface area contributed by atoms with Crippen molar-refractivity contribution in [3.05, 3.63) is 40.8 Å². The Kier molecular flexibility index (Phi) is 3.64. The summed E-state index contributed by atoms with van der Waals surface area (Å²) in [5.41, 5.74) is 2.24. The van der Waals surface area contributed by atoms with Crippen molar-refractivity contribution in [3.8, 4) is 16.2 Å². The summed E-state index contributed by atoms with van der Waals surface area (Å²) >= 11 is 1.61. The van der Waals surface area contributed by atoms with Gasteiger partial charge in [0, 0.05) is 29.1 Å². The van der Waals surface area contributed by atoms with Crippen LogP contribution in [0.2, 0.25) is 0 Å². The molecule has 0 N–H and O–H groups in total. The highest BCUT2D eigenvalue weighted by atomic mass is 32.1. The molecule has 0 aliphatic carbocycles. The predicted octanol–water partition coefficient (Wildman–Crippen LogP) is 4.43. The predicted molar refractivity (Wildman–Crippen MR) is 92.9 cm³/mol. The number of hydrogen-bond donors (Lipinski definition) is 0. The molecule has 0 spiro atoms. The van der Waals surface area contributed by atoms with Gasteiger partial charge in [0.15, 0.2) is 0 Å². The Balaban J connectivity index is 1.65. The summed E-state index contributed by atoms with van der Waals surface area (Å²) in [5.74, 6) is 2.27. The molecule has 2 aliphatic rings. The number of hydrogen-bond acceptors (Lipinski definition) is 3. The number of thiophene rings is 1. The highest BCUT2D eigenvalue weighted by Gasteiger charge is 2.29. The molecule has 1 amide bonds. The fraction of sp³-hybridized carbons (Fsp3) is 0.421. The van der Waals surface area contributed by atoms with E-state index in [4.69, 9.17) is 4.74 Å². The lowest BCUT2D eigenvalue weighted by atomic mass is 9.92. The number of para-hydroxylation sites is 1. The van der Waals surface area contributed by atoms with E-state index in [9.17, 15) is 4.79 Å². The zero-order valence-corrected chi connectivity index (χ0v) is 14.4. The summed E-state index contributed by atoms with van der Waals surface area (Å²) in [5, 5.41) is 0. The van der Waals surface area contributed by atoms with Gasteiger partial charge in [-0.2, -0.15) is 0 Å². The Morgan fingerprint density at radius 3 is 2.74 bits per heavy atom. The highest BCUT2D eigenvalue weighted by Crippen LogP contribution is 2.42. The molecular weight excluding hydrogens is 306 g/mol. The Morgan fingerprint density at radius 1 is 1.22 bits per heavy atom. The number of amides is 1. The topological polar surface area (TPSA) is 29.5 Å². The second-order valence-corrected chi connectivity index (χ2v) is 7.96. The minimum atomic E-state index is 0.181. The molecule has 2 unspecified atom stereocenters. The third-order valence-corrected chi connectivity index (χ3v) is 5.89. The maximum absolute atomic E-state index is 12.9. The third kappa shape index (κ3) is 2.65. The van der Waals surface area contributed by atoms with Gasteiger partial charge in [-0.1, -0.05) is 26.0 Å². The minimum absolute atomic E-state index is 0.181. The number of rotatable bonds is 1. The molecule has 120 valence electrons. The molecule has 4 rings (SSSR count). The molecule has 0 radical (unpaired) electrons. The van der Waals surface area contributed by atoms with Crippen molar-refractivity contribution in [2.45, 2.75) is 26.9 Å². The Labute approximate surface area is 140 Å². The van der Waals surface area contributed by atoms with Crippen molar-refractivity contribution in [1.82, 2.24) is 4.90 Å². The van der Waals surface area contributed by atoms with E-state index in [1.807, 2.05) is 29.2 Å². The Hall–Kier alpha value is -1.81. The summed E-state index contributed by atoms with van der Waals surface area (Å²) in [6.07, 6.45) is 1.21. The lowest BCUT2D eigenvalue weighted by molar-refractivity contribution is 0.0628. The van der Waals surface area contributed by atoms with Crippen LogP contribution in [0, 0.1) is 11.8 Å². The standard InChI is InChI=1S/C19H21NO2S/c1-12-7-13(2)10-20(9-12)19(21)17-8-14-11-22-16-6-4-3-5-15(16)18(14)23-17/h3-6,8,12-13H,7,9-11H2,1-2H3. The van der Waals surface area contributed by atoms with E-state index in [-0.39, 0.29) is 5.91 Å². The van der Waals surface area contributed by atoms with Crippen molar-refractivity contribution >= 4 is 17.2 Å². The lowest BCUT2D eigenvalue weighted by Gasteiger charge is -2.34. The lowest BCUT2D eigenvalue weighted by Crippen LogP contribution is -2.42. The number of fused-ring (bicyclic) bond motifs is 3. The molecule has 23 heavy (non-hydrogen) atoms. The molecular formula is C19H21NO2S. The van der Waals surface area contributed by atoms with Crippen molar-refractivity contribution < 1.29 is 9.53 Å². The highest BCUT2D eigenvalue weighted by molar-refractivity contribution is 7.17. The first-order chi connectivity index (χ1) is 11.1. The van der Waals surface area contributed by atoms with Gasteiger partial charge in [0.2, 0.25) is 0 Å². The summed E-state index contributed by atoms with van der Waals surface area (Å²) in [6.45, 7) is 6.78. The molecule has 0 saturated carbocycles. The van der Waals surface area contributed by atoms with Crippen LogP contribution in [0.4, 0.5) is 0 Å². The van der Waals surface area contributed by atoms with Gasteiger partial charge in [-0.25, -0.2) is 0 Å². The second-order valence-electron chi connectivity index (χ2n) is 6.91. The average Bonchev–Trinajstić information content (AvgIpc) is 2.98. The van der Waals surface area contributed by atoms with Gasteiger partial charge < -0.3 is 9.64 Å². The number of carbonyl (C=O) groups is 1. The molecule has 3 heterocycles. The fourth-order valence-electron chi connectivity index (χ4n) is 3.79. The Morgan fingerprint density at radius 2 is 1.96 bits per heavy atom. The Bertz CT molecular complexity index is 742. The van der Waals surface area contributed by atoms with Crippen molar-refractivity contribution in [2.24, 2.45) is 11.8 Å². The van der Waals surface area contributed by atoms with E-state index in [0.717, 1.165) is 34.8 Å². The van der Waals surface area contributed by atoms with Gasteiger partial charge in [-0.15, -0.1) is 11.3 Å². The van der Waals surface area contributed by atoms with Crippen LogP contribution in [0.5, 0.6) is 5.75 Å². The van der Waals surface area contributed by atoms with E-state index < -0.39 is 0 Å². The van der Waals surface area contributed by atoms with Crippen LogP contribution in [0.1, 0.15) is 35.5 Å². The molecule has 2 atom stereocenters.